The van der Waals surface area contributed by atoms with Crippen LogP contribution in [0.15, 0.2) is 40.2 Å². The third kappa shape index (κ3) is 2.18. The third-order valence-electron chi connectivity index (χ3n) is 2.47. The van der Waals surface area contributed by atoms with Crippen molar-refractivity contribution in [1.29, 1.82) is 0 Å². The summed E-state index contributed by atoms with van der Waals surface area (Å²) in [5, 5.41) is 13.0. The summed E-state index contributed by atoms with van der Waals surface area (Å²) in [6, 6.07) is 9.39. The third-order valence-corrected chi connectivity index (χ3v) is 4.55. The van der Waals surface area contributed by atoms with Crippen molar-refractivity contribution in [3.8, 4) is 0 Å². The molecule has 4 heteroatoms. The first kappa shape index (κ1) is 12.1. The summed E-state index contributed by atoms with van der Waals surface area (Å²) in [7, 11) is 0. The highest BCUT2D eigenvalue weighted by Crippen LogP contribution is 2.37. The molecule has 1 heterocycles. The van der Waals surface area contributed by atoms with E-state index in [0.29, 0.717) is 5.02 Å². The van der Waals surface area contributed by atoms with Gasteiger partial charge in [-0.15, -0.1) is 11.3 Å². The van der Waals surface area contributed by atoms with E-state index in [2.05, 4.69) is 15.9 Å². The summed E-state index contributed by atoms with van der Waals surface area (Å²) in [6.45, 7) is 1.76. The highest BCUT2D eigenvalue weighted by molar-refractivity contribution is 9.10. The van der Waals surface area contributed by atoms with Crippen LogP contribution in [0.4, 0.5) is 0 Å². The molecule has 84 valence electrons. The summed E-state index contributed by atoms with van der Waals surface area (Å²) in [5.74, 6) is 0. The van der Waals surface area contributed by atoms with Gasteiger partial charge in [0.05, 0.1) is 9.90 Å². The lowest BCUT2D eigenvalue weighted by Gasteiger charge is -2.23. The van der Waals surface area contributed by atoms with Gasteiger partial charge in [-0.1, -0.05) is 39.7 Å². The molecule has 1 unspecified atom stereocenters. The van der Waals surface area contributed by atoms with Crippen LogP contribution in [0.3, 0.4) is 0 Å². The lowest BCUT2D eigenvalue weighted by molar-refractivity contribution is 0.106. The fraction of sp³-hybridized carbons (Fsp3) is 0.167. The van der Waals surface area contributed by atoms with Gasteiger partial charge in [0, 0.05) is 4.47 Å². The number of benzene rings is 1. The zero-order chi connectivity index (χ0) is 11.8. The Morgan fingerprint density at radius 2 is 1.88 bits per heavy atom. The van der Waals surface area contributed by atoms with E-state index >= 15 is 0 Å². The van der Waals surface area contributed by atoms with Gasteiger partial charge in [-0.25, -0.2) is 0 Å². The molecule has 0 bridgehead atoms. The predicted molar refractivity (Wildman–Crippen MR) is 72.1 cm³/mol. The molecule has 1 nitrogen and oxygen atoms in total. The van der Waals surface area contributed by atoms with Crippen LogP contribution in [0.5, 0.6) is 0 Å². The van der Waals surface area contributed by atoms with Crippen LogP contribution in [0.2, 0.25) is 5.02 Å². The monoisotopic (exact) mass is 316 g/mol. The molecular formula is C12H10BrClOS. The summed E-state index contributed by atoms with van der Waals surface area (Å²) >= 11 is 10.9. The largest absolute Gasteiger partial charge is 0.380 e. The van der Waals surface area contributed by atoms with Crippen molar-refractivity contribution in [3.05, 3.63) is 55.6 Å². The Hall–Kier alpha value is -0.350. The van der Waals surface area contributed by atoms with Crippen LogP contribution in [-0.2, 0) is 5.60 Å². The van der Waals surface area contributed by atoms with Crippen LogP contribution in [0.1, 0.15) is 17.4 Å². The zero-order valence-corrected chi connectivity index (χ0v) is 11.7. The molecule has 0 amide bonds. The van der Waals surface area contributed by atoms with Crippen LogP contribution in [0.25, 0.3) is 0 Å². The molecule has 1 N–H and O–H groups in total. The van der Waals surface area contributed by atoms with Gasteiger partial charge in [0.1, 0.15) is 5.60 Å². The van der Waals surface area contributed by atoms with Gasteiger partial charge in [-0.05, 0) is 36.1 Å². The Bertz CT molecular complexity index is 490. The van der Waals surface area contributed by atoms with Crippen molar-refractivity contribution in [2.45, 2.75) is 12.5 Å². The highest BCUT2D eigenvalue weighted by atomic mass is 79.9. The first-order chi connectivity index (χ1) is 7.51. The van der Waals surface area contributed by atoms with Crippen molar-refractivity contribution < 1.29 is 5.11 Å². The molecule has 0 radical (unpaired) electrons. The van der Waals surface area contributed by atoms with E-state index in [4.69, 9.17) is 11.6 Å². The second kappa shape index (κ2) is 4.49. The predicted octanol–water partition coefficient (Wildman–Crippen LogP) is 4.42. The maximum absolute atomic E-state index is 10.5. The van der Waals surface area contributed by atoms with Crippen LogP contribution in [0, 0.1) is 0 Å². The molecule has 0 saturated heterocycles. The van der Waals surface area contributed by atoms with Crippen molar-refractivity contribution >= 4 is 38.9 Å². The number of halogens is 2. The molecule has 0 aliphatic rings. The summed E-state index contributed by atoms with van der Waals surface area (Å²) < 4.78 is 0.990. The molecule has 16 heavy (non-hydrogen) atoms. The Kier molecular flexibility index (Phi) is 3.40. The van der Waals surface area contributed by atoms with Gasteiger partial charge in [0.25, 0.3) is 0 Å². The molecule has 1 atom stereocenters. The molecule has 2 aromatic rings. The van der Waals surface area contributed by atoms with Gasteiger partial charge >= 0.3 is 0 Å². The fourth-order valence-electron chi connectivity index (χ4n) is 1.55. The van der Waals surface area contributed by atoms with E-state index in [-0.39, 0.29) is 0 Å². The Morgan fingerprint density at radius 3 is 2.38 bits per heavy atom. The summed E-state index contributed by atoms with van der Waals surface area (Å²) in [6.07, 6.45) is 0. The molecule has 1 aromatic heterocycles. The van der Waals surface area contributed by atoms with Crippen molar-refractivity contribution in [2.24, 2.45) is 0 Å². The minimum atomic E-state index is -1.04. The van der Waals surface area contributed by atoms with E-state index in [0.717, 1.165) is 14.9 Å². The minimum Gasteiger partial charge on any atom is -0.380 e. The number of thiophene rings is 1. The maximum atomic E-state index is 10.5. The average molecular weight is 318 g/mol. The van der Waals surface area contributed by atoms with E-state index < -0.39 is 5.60 Å². The molecule has 2 rings (SSSR count). The number of hydrogen-bond donors (Lipinski definition) is 1. The second-order valence-corrected chi connectivity index (χ2v) is 5.92. The van der Waals surface area contributed by atoms with Crippen molar-refractivity contribution in [3.63, 3.8) is 0 Å². The van der Waals surface area contributed by atoms with Gasteiger partial charge in [-0.2, -0.15) is 0 Å². The van der Waals surface area contributed by atoms with E-state index in [1.807, 2.05) is 29.6 Å². The number of rotatable bonds is 2. The second-order valence-electron chi connectivity index (χ2n) is 3.68. The quantitative estimate of drug-likeness (QED) is 0.869. The smallest absolute Gasteiger partial charge is 0.122 e. The van der Waals surface area contributed by atoms with Gasteiger partial charge < -0.3 is 5.11 Å². The summed E-state index contributed by atoms with van der Waals surface area (Å²) in [5.41, 5.74) is -0.202. The van der Waals surface area contributed by atoms with Gasteiger partial charge in [0.15, 0.2) is 0 Å². The van der Waals surface area contributed by atoms with Crippen molar-refractivity contribution in [2.75, 3.05) is 0 Å². The lowest BCUT2D eigenvalue weighted by atomic mass is 9.94. The Labute approximate surface area is 112 Å². The molecule has 0 spiro atoms. The van der Waals surface area contributed by atoms with Crippen LogP contribution >= 0.6 is 38.9 Å². The maximum Gasteiger partial charge on any atom is 0.122 e. The van der Waals surface area contributed by atoms with E-state index in [9.17, 15) is 5.11 Å². The molecule has 0 aliphatic heterocycles. The zero-order valence-electron chi connectivity index (χ0n) is 8.58. The van der Waals surface area contributed by atoms with Gasteiger partial charge in [-0.3, -0.25) is 0 Å². The molecule has 0 saturated carbocycles. The van der Waals surface area contributed by atoms with Crippen LogP contribution in [-0.4, -0.2) is 5.11 Å². The van der Waals surface area contributed by atoms with E-state index in [1.165, 1.54) is 11.3 Å². The molecule has 1 aromatic carbocycles. The number of hydrogen-bond acceptors (Lipinski definition) is 2. The minimum absolute atomic E-state index is 0.609. The molecular weight excluding hydrogens is 308 g/mol. The number of aliphatic hydroxyl groups is 1. The molecule has 0 fully saturated rings. The standard InChI is InChI=1S/C12H10BrClOS/c1-12(15,11-10(14)6-7-16-11)8-2-4-9(13)5-3-8/h2-7,15H,1H3. The Morgan fingerprint density at radius 1 is 1.25 bits per heavy atom. The average Bonchev–Trinajstić information content (AvgIpc) is 2.66. The molecule has 0 aliphatic carbocycles. The first-order valence-corrected chi connectivity index (χ1v) is 6.79. The SMILES string of the molecule is CC(O)(c1ccc(Br)cc1)c1sccc1Cl. The normalized spacial score (nSPS) is 14.8. The fourth-order valence-corrected chi connectivity index (χ4v) is 3.13. The topological polar surface area (TPSA) is 20.2 Å². The first-order valence-electron chi connectivity index (χ1n) is 4.73. The lowest BCUT2D eigenvalue weighted by Crippen LogP contribution is -2.21. The van der Waals surface area contributed by atoms with Gasteiger partial charge in [0.2, 0.25) is 0 Å². The highest BCUT2D eigenvalue weighted by Gasteiger charge is 2.29. The Balaban J connectivity index is 2.46. The van der Waals surface area contributed by atoms with E-state index in [1.54, 1.807) is 13.0 Å². The van der Waals surface area contributed by atoms with Crippen molar-refractivity contribution in [1.82, 2.24) is 0 Å². The summed E-state index contributed by atoms with van der Waals surface area (Å²) in [4.78, 5) is 0.775. The van der Waals surface area contributed by atoms with Crippen LogP contribution < -0.4 is 0 Å².